The molecular formula is C26H41O2. The summed E-state index contributed by atoms with van der Waals surface area (Å²) in [6, 6.07) is 9.01. The van der Waals surface area contributed by atoms with Gasteiger partial charge >= 0.3 is 0 Å². The second kappa shape index (κ2) is 17.6. The highest BCUT2D eigenvalue weighted by Crippen LogP contribution is 2.14. The van der Waals surface area contributed by atoms with Gasteiger partial charge in [0.2, 0.25) is 0 Å². The van der Waals surface area contributed by atoms with Crippen LogP contribution in [-0.4, -0.2) is 11.6 Å². The molecule has 0 aliphatic heterocycles. The van der Waals surface area contributed by atoms with Crippen LogP contribution in [0.4, 0.5) is 0 Å². The summed E-state index contributed by atoms with van der Waals surface area (Å²) in [6.45, 7) is 2.27. The monoisotopic (exact) mass is 385 g/mol. The van der Waals surface area contributed by atoms with Gasteiger partial charge in [0, 0.05) is 12.0 Å². The number of rotatable bonds is 19. The molecule has 0 atom stereocenters. The molecule has 0 fully saturated rings. The molecule has 2 heteroatoms. The van der Waals surface area contributed by atoms with E-state index in [1.54, 1.807) is 12.1 Å². The zero-order chi connectivity index (χ0) is 20.3. The van der Waals surface area contributed by atoms with Crippen LogP contribution in [0.3, 0.4) is 0 Å². The molecule has 0 aliphatic carbocycles. The van der Waals surface area contributed by atoms with Crippen LogP contribution in [-0.2, 0) is 4.79 Å². The van der Waals surface area contributed by atoms with Crippen molar-refractivity contribution in [1.82, 2.24) is 0 Å². The van der Waals surface area contributed by atoms with E-state index in [4.69, 9.17) is 0 Å². The number of carbonyl (C=O) groups is 2. The van der Waals surface area contributed by atoms with Crippen LogP contribution < -0.4 is 0 Å². The Kier molecular flexibility index (Phi) is 15.5. The first kappa shape index (κ1) is 24.6. The molecular weight excluding hydrogens is 344 g/mol. The van der Waals surface area contributed by atoms with Gasteiger partial charge in [-0.15, -0.1) is 0 Å². The van der Waals surface area contributed by atoms with Gasteiger partial charge in [-0.2, -0.15) is 0 Å². The molecule has 1 rings (SSSR count). The molecule has 0 amide bonds. The zero-order valence-electron chi connectivity index (χ0n) is 18.1. The molecule has 157 valence electrons. The van der Waals surface area contributed by atoms with E-state index in [0.717, 1.165) is 12.8 Å². The predicted molar refractivity (Wildman–Crippen MR) is 120 cm³/mol. The summed E-state index contributed by atoms with van der Waals surface area (Å²) in [6.07, 6.45) is 21.5. The van der Waals surface area contributed by atoms with Gasteiger partial charge in [-0.3, -0.25) is 9.59 Å². The SMILES string of the molecule is CCCCCCCCCCCCCCCCCC(=O)[CH]C(=O)c1ccccc1. The molecule has 1 aromatic carbocycles. The van der Waals surface area contributed by atoms with Crippen LogP contribution in [0, 0.1) is 6.42 Å². The van der Waals surface area contributed by atoms with Crippen molar-refractivity contribution in [2.45, 2.75) is 110 Å². The molecule has 0 saturated carbocycles. The number of ketones is 2. The maximum atomic E-state index is 11.9. The molecule has 0 bridgehead atoms. The summed E-state index contributed by atoms with van der Waals surface area (Å²) in [4.78, 5) is 23.8. The van der Waals surface area contributed by atoms with Crippen molar-refractivity contribution < 1.29 is 9.59 Å². The first-order valence-electron chi connectivity index (χ1n) is 11.7. The lowest BCUT2D eigenvalue weighted by Crippen LogP contribution is -2.09. The topological polar surface area (TPSA) is 34.1 Å². The van der Waals surface area contributed by atoms with Crippen molar-refractivity contribution in [3.8, 4) is 0 Å². The number of unbranched alkanes of at least 4 members (excludes halogenated alkanes) is 14. The molecule has 0 N–H and O–H groups in total. The van der Waals surface area contributed by atoms with Crippen molar-refractivity contribution in [3.63, 3.8) is 0 Å². The van der Waals surface area contributed by atoms with E-state index >= 15 is 0 Å². The molecule has 0 saturated heterocycles. The molecule has 1 aromatic rings. The van der Waals surface area contributed by atoms with Gasteiger partial charge in [0.25, 0.3) is 0 Å². The summed E-state index contributed by atoms with van der Waals surface area (Å²) < 4.78 is 0. The van der Waals surface area contributed by atoms with E-state index in [1.807, 2.05) is 18.2 Å². The standard InChI is InChI=1S/C26H41O2/c1-2-3-4-5-6-7-8-9-10-11-12-13-14-15-19-22-25(27)23-26(28)24-20-17-16-18-21-24/h16-18,20-21,23H,2-15,19,22H2,1H3. The van der Waals surface area contributed by atoms with E-state index in [1.165, 1.54) is 89.9 Å². The zero-order valence-corrected chi connectivity index (χ0v) is 18.1. The fourth-order valence-electron chi connectivity index (χ4n) is 3.57. The molecule has 28 heavy (non-hydrogen) atoms. The van der Waals surface area contributed by atoms with E-state index < -0.39 is 0 Å². The maximum Gasteiger partial charge on any atom is 0.174 e. The Morgan fingerprint density at radius 1 is 0.643 bits per heavy atom. The van der Waals surface area contributed by atoms with E-state index in [0.29, 0.717) is 12.0 Å². The fraction of sp³-hybridized carbons (Fsp3) is 0.654. The normalized spacial score (nSPS) is 10.9. The molecule has 2 nitrogen and oxygen atoms in total. The smallest absolute Gasteiger partial charge is 0.174 e. The van der Waals surface area contributed by atoms with Gasteiger partial charge in [-0.25, -0.2) is 0 Å². The minimum Gasteiger partial charge on any atom is -0.299 e. The van der Waals surface area contributed by atoms with Crippen LogP contribution in [0.15, 0.2) is 30.3 Å². The molecule has 0 spiro atoms. The molecule has 1 radical (unpaired) electrons. The van der Waals surface area contributed by atoms with Crippen molar-refractivity contribution in [2.24, 2.45) is 0 Å². The number of hydrogen-bond acceptors (Lipinski definition) is 2. The quantitative estimate of drug-likeness (QED) is 0.138. The van der Waals surface area contributed by atoms with Crippen molar-refractivity contribution in [2.75, 3.05) is 0 Å². The van der Waals surface area contributed by atoms with E-state index in [-0.39, 0.29) is 11.6 Å². The Hall–Kier alpha value is -1.44. The average Bonchev–Trinajstić information content (AvgIpc) is 2.71. The lowest BCUT2D eigenvalue weighted by molar-refractivity contribution is -0.115. The second-order valence-corrected chi connectivity index (χ2v) is 8.04. The highest BCUT2D eigenvalue weighted by molar-refractivity contribution is 6.17. The fourth-order valence-corrected chi connectivity index (χ4v) is 3.57. The Morgan fingerprint density at radius 2 is 1.07 bits per heavy atom. The largest absolute Gasteiger partial charge is 0.299 e. The van der Waals surface area contributed by atoms with Crippen LogP contribution in [0.2, 0.25) is 0 Å². The first-order valence-corrected chi connectivity index (χ1v) is 11.7. The summed E-state index contributed by atoms with van der Waals surface area (Å²) in [5.74, 6) is -0.213. The highest BCUT2D eigenvalue weighted by atomic mass is 16.1. The Morgan fingerprint density at radius 3 is 1.54 bits per heavy atom. The van der Waals surface area contributed by atoms with Gasteiger partial charge in [-0.05, 0) is 6.42 Å². The summed E-state index contributed by atoms with van der Waals surface area (Å²) in [5.41, 5.74) is 0.590. The molecule has 0 aromatic heterocycles. The van der Waals surface area contributed by atoms with Gasteiger partial charge in [0.05, 0.1) is 6.42 Å². The third-order valence-electron chi connectivity index (χ3n) is 5.38. The van der Waals surface area contributed by atoms with Crippen LogP contribution in [0.25, 0.3) is 0 Å². The Bertz CT molecular complexity index is 506. The second-order valence-electron chi connectivity index (χ2n) is 8.04. The van der Waals surface area contributed by atoms with Crippen LogP contribution in [0.5, 0.6) is 0 Å². The minimum absolute atomic E-state index is 0.0384. The lowest BCUT2D eigenvalue weighted by atomic mass is 10.0. The van der Waals surface area contributed by atoms with Gasteiger partial charge < -0.3 is 0 Å². The predicted octanol–water partition coefficient (Wildman–Crippen LogP) is 7.90. The van der Waals surface area contributed by atoms with Crippen molar-refractivity contribution in [3.05, 3.63) is 42.3 Å². The highest BCUT2D eigenvalue weighted by Gasteiger charge is 2.11. The third kappa shape index (κ3) is 13.7. The summed E-state index contributed by atoms with van der Waals surface area (Å²) >= 11 is 0. The number of Topliss-reactive ketones (excluding diaryl/α,β-unsaturated/α-hetero) is 2. The molecule has 0 unspecified atom stereocenters. The molecule has 0 heterocycles. The third-order valence-corrected chi connectivity index (χ3v) is 5.38. The number of carbonyl (C=O) groups excluding carboxylic acids is 2. The van der Waals surface area contributed by atoms with Crippen LogP contribution >= 0.6 is 0 Å². The minimum atomic E-state index is -0.174. The first-order chi connectivity index (χ1) is 13.7. The molecule has 0 aliphatic rings. The van der Waals surface area contributed by atoms with Crippen molar-refractivity contribution >= 4 is 11.6 Å². The van der Waals surface area contributed by atoms with E-state index in [9.17, 15) is 9.59 Å². The maximum absolute atomic E-state index is 11.9. The average molecular weight is 386 g/mol. The van der Waals surface area contributed by atoms with Crippen molar-refractivity contribution in [1.29, 1.82) is 0 Å². The summed E-state index contributed by atoms with van der Waals surface area (Å²) in [5, 5.41) is 0. The lowest BCUT2D eigenvalue weighted by Gasteiger charge is -2.03. The van der Waals surface area contributed by atoms with Crippen LogP contribution in [0.1, 0.15) is 120 Å². The number of benzene rings is 1. The van der Waals surface area contributed by atoms with Gasteiger partial charge in [0.1, 0.15) is 5.78 Å². The Labute approximate surface area is 173 Å². The summed E-state index contributed by atoms with van der Waals surface area (Å²) in [7, 11) is 0. The van der Waals surface area contributed by atoms with Gasteiger partial charge in [-0.1, -0.05) is 127 Å². The van der Waals surface area contributed by atoms with E-state index in [2.05, 4.69) is 6.92 Å². The van der Waals surface area contributed by atoms with Gasteiger partial charge in [0.15, 0.2) is 5.78 Å². The number of hydrogen-bond donors (Lipinski definition) is 0. The Balaban J connectivity index is 1.84.